The van der Waals surface area contributed by atoms with Crippen LogP contribution in [0.1, 0.15) is 78.2 Å². The minimum Gasteiger partial charge on any atom is -0.481 e. The Kier molecular flexibility index (Phi) is 11.4. The van der Waals surface area contributed by atoms with Gasteiger partial charge >= 0.3 is 6.18 Å². The van der Waals surface area contributed by atoms with Crippen LogP contribution in [-0.2, 0) is 41.6 Å². The number of methoxy groups -OCH3 is 2. The maximum Gasteiger partial charge on any atom is 0.435 e. The second kappa shape index (κ2) is 16.0. The highest BCUT2D eigenvalue weighted by molar-refractivity contribution is 6.36. The van der Waals surface area contributed by atoms with Gasteiger partial charge in [-0.3, -0.25) is 9.59 Å². The van der Waals surface area contributed by atoms with Gasteiger partial charge in [0, 0.05) is 42.5 Å². The summed E-state index contributed by atoms with van der Waals surface area (Å²) in [4.78, 5) is 35.9. The van der Waals surface area contributed by atoms with Crippen molar-refractivity contribution < 1.29 is 32.2 Å². The average molecular weight is 736 g/mol. The fourth-order valence-corrected chi connectivity index (χ4v) is 7.72. The number of alkyl halides is 3. The lowest BCUT2D eigenvalue weighted by atomic mass is 9.91. The molecule has 6 rings (SSSR count). The van der Waals surface area contributed by atoms with Crippen molar-refractivity contribution in [3.63, 3.8) is 0 Å². The molecule has 0 spiro atoms. The molecule has 52 heavy (non-hydrogen) atoms. The summed E-state index contributed by atoms with van der Waals surface area (Å²) < 4.78 is 54.0. The van der Waals surface area contributed by atoms with Crippen LogP contribution in [0.15, 0.2) is 48.5 Å². The Bertz CT molecular complexity index is 1970. The maximum absolute atomic E-state index is 14.3. The molecule has 0 aliphatic heterocycles. The minimum atomic E-state index is -4.73. The highest BCUT2D eigenvalue weighted by atomic mass is 35.5. The topological polar surface area (TPSA) is 129 Å². The van der Waals surface area contributed by atoms with E-state index in [-0.39, 0.29) is 48.9 Å². The van der Waals surface area contributed by atoms with E-state index in [1.807, 2.05) is 48.5 Å². The molecule has 0 radical (unpaired) electrons. The van der Waals surface area contributed by atoms with Gasteiger partial charge in [0.1, 0.15) is 11.5 Å². The van der Waals surface area contributed by atoms with Gasteiger partial charge in [0.15, 0.2) is 5.69 Å². The number of fused-ring (bicyclic) bond motifs is 1. The van der Waals surface area contributed by atoms with E-state index < -0.39 is 17.8 Å². The molecule has 2 aromatic heterocycles. The molecule has 3 N–H and O–H groups in total. The Balaban J connectivity index is 1.25. The number of pyridine rings is 1. The number of halogens is 4. The molecular formula is C39H41ClF3N5O4. The molecule has 2 heterocycles. The number of benzene rings is 2. The van der Waals surface area contributed by atoms with E-state index >= 15 is 0 Å². The molecule has 4 aromatic rings. The Morgan fingerprint density at radius 3 is 2.40 bits per heavy atom. The minimum absolute atomic E-state index is 0.0133. The van der Waals surface area contributed by atoms with Gasteiger partial charge in [-0.1, -0.05) is 54.1 Å². The number of amides is 1. The maximum atomic E-state index is 14.3. The lowest BCUT2D eigenvalue weighted by Crippen LogP contribution is -2.21. The number of rotatable bonds is 14. The Morgan fingerprint density at radius 1 is 0.942 bits per heavy atom. The number of nitrogens with one attached hydrogen (secondary N) is 1. The number of hydrogen-bond acceptors (Lipinski definition) is 8. The highest BCUT2D eigenvalue weighted by Gasteiger charge is 2.39. The van der Waals surface area contributed by atoms with E-state index in [1.54, 1.807) is 7.11 Å². The van der Waals surface area contributed by atoms with Crippen LogP contribution in [0, 0.1) is 5.92 Å². The number of primary amides is 1. The molecule has 1 saturated carbocycles. The number of carbonyl (C=O) groups excluding carboxylic acids is 2. The number of nitrogens with two attached hydrogens (primary N) is 1. The smallest absolute Gasteiger partial charge is 0.435 e. The first-order valence-corrected chi connectivity index (χ1v) is 17.8. The number of aromatic nitrogens is 3. The third-order valence-electron chi connectivity index (χ3n) is 9.93. The SMILES string of the molecule is COc1nc(-c2cccc(-c3cccc4c3CC[C@@H]4Cc3nc(OC)c(CCCC(N)=O)nc3C(F)(F)F)c2Cl)ccc1CNC[C@@H]1CCC(=O)C1. The number of carbonyl (C=O) groups is 2. The zero-order valence-electron chi connectivity index (χ0n) is 29.1. The second-order valence-corrected chi connectivity index (χ2v) is 13.8. The van der Waals surface area contributed by atoms with Crippen molar-refractivity contribution in [1.29, 1.82) is 0 Å². The van der Waals surface area contributed by atoms with Crippen molar-refractivity contribution in [1.82, 2.24) is 20.3 Å². The zero-order chi connectivity index (χ0) is 37.0. The first-order chi connectivity index (χ1) is 25.0. The van der Waals surface area contributed by atoms with Gasteiger partial charge in [-0.15, -0.1) is 0 Å². The van der Waals surface area contributed by atoms with Crippen LogP contribution < -0.4 is 20.5 Å². The van der Waals surface area contributed by atoms with Gasteiger partial charge in [-0.25, -0.2) is 15.0 Å². The van der Waals surface area contributed by atoms with Crippen LogP contribution in [0.4, 0.5) is 13.2 Å². The Labute approximate surface area is 305 Å². The predicted molar refractivity (Wildman–Crippen MR) is 191 cm³/mol. The Hall–Kier alpha value is -4.55. The molecule has 9 nitrogen and oxygen atoms in total. The van der Waals surface area contributed by atoms with E-state index in [2.05, 4.69) is 15.3 Å². The van der Waals surface area contributed by atoms with Crippen molar-refractivity contribution in [2.75, 3.05) is 20.8 Å². The van der Waals surface area contributed by atoms with E-state index in [0.29, 0.717) is 60.5 Å². The van der Waals surface area contributed by atoms with Crippen molar-refractivity contribution in [3.05, 3.63) is 87.3 Å². The fraction of sp³-hybridized carbons (Fsp3) is 0.410. The molecule has 2 aromatic carbocycles. The third-order valence-corrected chi connectivity index (χ3v) is 10.3. The molecule has 13 heteroatoms. The van der Waals surface area contributed by atoms with Crippen LogP contribution in [0.25, 0.3) is 22.4 Å². The quantitative estimate of drug-likeness (QED) is 0.137. The molecule has 2 aliphatic rings. The van der Waals surface area contributed by atoms with Crippen molar-refractivity contribution >= 4 is 23.3 Å². The van der Waals surface area contributed by atoms with Gasteiger partial charge in [-0.05, 0) is 79.7 Å². The van der Waals surface area contributed by atoms with Gasteiger partial charge < -0.3 is 20.5 Å². The van der Waals surface area contributed by atoms with Crippen molar-refractivity contribution in [3.8, 4) is 34.1 Å². The fourth-order valence-electron chi connectivity index (χ4n) is 7.40. The van der Waals surface area contributed by atoms with E-state index in [9.17, 15) is 22.8 Å². The normalized spacial score (nSPS) is 17.0. The molecule has 1 fully saturated rings. The lowest BCUT2D eigenvalue weighted by Gasteiger charge is -2.19. The number of hydrogen-bond donors (Lipinski definition) is 2. The van der Waals surface area contributed by atoms with Gasteiger partial charge in [0.25, 0.3) is 0 Å². The van der Waals surface area contributed by atoms with E-state index in [4.69, 9.17) is 31.8 Å². The van der Waals surface area contributed by atoms with E-state index in [0.717, 1.165) is 46.3 Å². The molecule has 0 unspecified atom stereocenters. The van der Waals surface area contributed by atoms with E-state index in [1.165, 1.54) is 7.11 Å². The summed E-state index contributed by atoms with van der Waals surface area (Å²) in [5.41, 5.74) is 9.96. The van der Waals surface area contributed by atoms with Gasteiger partial charge in [0.2, 0.25) is 17.7 Å². The number of ether oxygens (including phenoxy) is 2. The standard InChI is InChI=1S/C39H41ClF3N5O4/c1-51-37-24(21-45-20-22-12-15-25(49)18-22)14-17-31(47-37)30-9-4-8-29(35(30)40)27-7-3-6-26-23(13-16-28(26)27)19-33-36(39(41,42)43)46-32(38(48-33)52-2)10-5-11-34(44)50/h3-4,6-9,14,17,22-23,45H,5,10-13,15-16,18-21H2,1-2H3,(H2,44,50)/t22-,23-/m1/s1. The summed E-state index contributed by atoms with van der Waals surface area (Å²) in [6, 6.07) is 15.5. The summed E-state index contributed by atoms with van der Waals surface area (Å²) in [5, 5.41) is 3.94. The molecule has 0 saturated heterocycles. The molecule has 2 aliphatic carbocycles. The van der Waals surface area contributed by atoms with Gasteiger partial charge in [-0.2, -0.15) is 13.2 Å². The number of Topliss-reactive ketones (excluding diaryl/α,β-unsaturated/α-hetero) is 1. The summed E-state index contributed by atoms with van der Waals surface area (Å²) in [6.07, 6.45) is -0.916. The zero-order valence-corrected chi connectivity index (χ0v) is 29.9. The predicted octanol–water partition coefficient (Wildman–Crippen LogP) is 7.43. The molecule has 0 bridgehead atoms. The van der Waals surface area contributed by atoms with Crippen LogP contribution in [0.5, 0.6) is 11.8 Å². The number of aryl methyl sites for hydroxylation is 1. The molecule has 2 atom stereocenters. The first kappa shape index (κ1) is 37.2. The largest absolute Gasteiger partial charge is 0.481 e. The summed E-state index contributed by atoms with van der Waals surface area (Å²) in [5.74, 6) is 0.391. The monoisotopic (exact) mass is 735 g/mol. The first-order valence-electron chi connectivity index (χ1n) is 17.4. The second-order valence-electron chi connectivity index (χ2n) is 13.4. The summed E-state index contributed by atoms with van der Waals surface area (Å²) >= 11 is 7.12. The van der Waals surface area contributed by atoms with Crippen molar-refractivity contribution in [2.24, 2.45) is 11.7 Å². The van der Waals surface area contributed by atoms with Gasteiger partial charge in [0.05, 0.1) is 30.6 Å². The molecule has 274 valence electrons. The highest BCUT2D eigenvalue weighted by Crippen LogP contribution is 2.45. The van der Waals surface area contributed by atoms with Crippen molar-refractivity contribution in [2.45, 2.75) is 76.4 Å². The van der Waals surface area contributed by atoms with Crippen LogP contribution in [0.2, 0.25) is 5.02 Å². The van der Waals surface area contributed by atoms with Crippen LogP contribution in [-0.4, -0.2) is 47.4 Å². The molecule has 1 amide bonds. The number of nitrogens with zero attached hydrogens (tertiary/aromatic N) is 3. The lowest BCUT2D eigenvalue weighted by molar-refractivity contribution is -0.142. The average Bonchev–Trinajstić information content (AvgIpc) is 3.73. The summed E-state index contributed by atoms with van der Waals surface area (Å²) in [6.45, 7) is 1.31. The third kappa shape index (κ3) is 8.23. The number of ketones is 1. The summed E-state index contributed by atoms with van der Waals surface area (Å²) in [7, 11) is 2.92. The Morgan fingerprint density at radius 2 is 1.69 bits per heavy atom. The molecular weight excluding hydrogens is 695 g/mol. The van der Waals surface area contributed by atoms with Crippen LogP contribution in [0.3, 0.4) is 0 Å². The van der Waals surface area contributed by atoms with Crippen LogP contribution >= 0.6 is 11.6 Å².